The Morgan fingerprint density at radius 2 is 2.27 bits per heavy atom. The molecule has 0 saturated carbocycles. The molecule has 0 bridgehead atoms. The van der Waals surface area contributed by atoms with Gasteiger partial charge >= 0.3 is 0 Å². The Morgan fingerprint density at radius 1 is 1.53 bits per heavy atom. The quantitative estimate of drug-likeness (QED) is 0.702. The summed E-state index contributed by atoms with van der Waals surface area (Å²) in [7, 11) is 0. The smallest absolute Gasteiger partial charge is 0.248 e. The zero-order valence-corrected chi connectivity index (χ0v) is 9.28. The molecule has 1 aliphatic heterocycles. The van der Waals surface area contributed by atoms with E-state index in [0.717, 1.165) is 6.42 Å². The van der Waals surface area contributed by atoms with Gasteiger partial charge in [-0.25, -0.2) is 0 Å². The van der Waals surface area contributed by atoms with Gasteiger partial charge in [-0.1, -0.05) is 0 Å². The Kier molecular flexibility index (Phi) is 4.55. The molecule has 1 aliphatic rings. The number of nitrogens with zero attached hydrogens (tertiary/aromatic N) is 1. The second-order valence-electron chi connectivity index (χ2n) is 3.66. The zero-order valence-electron chi connectivity index (χ0n) is 9.28. The molecular formula is C10H18N2O3. The molecule has 5 heteroatoms. The van der Waals surface area contributed by atoms with E-state index in [1.165, 1.54) is 6.92 Å². The molecule has 1 N–H and O–H groups in total. The second kappa shape index (κ2) is 5.70. The summed E-state index contributed by atoms with van der Waals surface area (Å²) >= 11 is 0. The van der Waals surface area contributed by atoms with Gasteiger partial charge in [-0.2, -0.15) is 0 Å². The largest absolute Gasteiger partial charge is 0.372 e. The van der Waals surface area contributed by atoms with E-state index in [4.69, 9.17) is 4.74 Å². The van der Waals surface area contributed by atoms with E-state index >= 15 is 0 Å². The van der Waals surface area contributed by atoms with Crippen LogP contribution in [0.5, 0.6) is 0 Å². The number of nitrogens with one attached hydrogen (secondary N) is 1. The van der Waals surface area contributed by atoms with Crippen LogP contribution < -0.4 is 5.32 Å². The average molecular weight is 214 g/mol. The van der Waals surface area contributed by atoms with E-state index < -0.39 is 0 Å². The van der Waals surface area contributed by atoms with Gasteiger partial charge in [0.15, 0.2) is 0 Å². The molecule has 5 nitrogen and oxygen atoms in total. The molecule has 0 aromatic heterocycles. The van der Waals surface area contributed by atoms with Gasteiger partial charge in [-0.05, 0) is 13.3 Å². The monoisotopic (exact) mass is 214 g/mol. The van der Waals surface area contributed by atoms with Crippen molar-refractivity contribution in [3.05, 3.63) is 0 Å². The van der Waals surface area contributed by atoms with Crippen molar-refractivity contribution in [2.75, 3.05) is 26.3 Å². The summed E-state index contributed by atoms with van der Waals surface area (Å²) in [6.07, 6.45) is 0.831. The van der Waals surface area contributed by atoms with Gasteiger partial charge in [0, 0.05) is 32.7 Å². The molecule has 0 aromatic rings. The van der Waals surface area contributed by atoms with Crippen molar-refractivity contribution in [2.24, 2.45) is 0 Å². The SMILES string of the molecule is CCOCC(=O)N1CCC(NC(C)=O)C1. The van der Waals surface area contributed by atoms with E-state index in [0.29, 0.717) is 19.7 Å². The van der Waals surface area contributed by atoms with Crippen LogP contribution in [0.15, 0.2) is 0 Å². The minimum Gasteiger partial charge on any atom is -0.372 e. The van der Waals surface area contributed by atoms with E-state index in [9.17, 15) is 9.59 Å². The first-order valence-electron chi connectivity index (χ1n) is 5.26. The first-order valence-corrected chi connectivity index (χ1v) is 5.26. The summed E-state index contributed by atoms with van der Waals surface area (Å²) in [6.45, 7) is 5.35. The van der Waals surface area contributed by atoms with Crippen LogP contribution in [0.3, 0.4) is 0 Å². The third kappa shape index (κ3) is 3.87. The van der Waals surface area contributed by atoms with Crippen LogP contribution >= 0.6 is 0 Å². The predicted octanol–water partition coefficient (Wildman–Crippen LogP) is -0.240. The van der Waals surface area contributed by atoms with Gasteiger partial charge in [-0.3, -0.25) is 9.59 Å². The van der Waals surface area contributed by atoms with E-state index in [1.54, 1.807) is 4.90 Å². The van der Waals surface area contributed by atoms with Gasteiger partial charge in [0.1, 0.15) is 6.61 Å². The van der Waals surface area contributed by atoms with Crippen molar-refractivity contribution in [3.8, 4) is 0 Å². The third-order valence-electron chi connectivity index (χ3n) is 2.38. The number of hydrogen-bond donors (Lipinski definition) is 1. The fourth-order valence-electron chi connectivity index (χ4n) is 1.67. The van der Waals surface area contributed by atoms with Crippen LogP contribution in [-0.2, 0) is 14.3 Å². The molecule has 1 unspecified atom stereocenters. The summed E-state index contributed by atoms with van der Waals surface area (Å²) in [5.41, 5.74) is 0. The van der Waals surface area contributed by atoms with Gasteiger partial charge in [0.25, 0.3) is 0 Å². The molecular weight excluding hydrogens is 196 g/mol. The van der Waals surface area contributed by atoms with Crippen molar-refractivity contribution in [1.29, 1.82) is 0 Å². The molecule has 0 spiro atoms. The standard InChI is InChI=1S/C10H18N2O3/c1-3-15-7-10(14)12-5-4-9(6-12)11-8(2)13/h9H,3-7H2,1-2H3,(H,11,13). The maximum atomic E-state index is 11.5. The minimum absolute atomic E-state index is 0.00435. The molecule has 0 aliphatic carbocycles. The van der Waals surface area contributed by atoms with Crippen LogP contribution in [0.25, 0.3) is 0 Å². The van der Waals surface area contributed by atoms with Crippen molar-refractivity contribution >= 4 is 11.8 Å². The molecule has 86 valence electrons. The maximum absolute atomic E-state index is 11.5. The lowest BCUT2D eigenvalue weighted by Crippen LogP contribution is -2.38. The van der Waals surface area contributed by atoms with Gasteiger partial charge in [0.05, 0.1) is 0 Å². The highest BCUT2D eigenvalue weighted by molar-refractivity contribution is 5.78. The summed E-state index contributed by atoms with van der Waals surface area (Å²) in [6, 6.07) is 0.105. The molecule has 0 aromatic carbocycles. The van der Waals surface area contributed by atoms with Crippen molar-refractivity contribution in [3.63, 3.8) is 0 Å². The topological polar surface area (TPSA) is 58.6 Å². The molecule has 1 saturated heterocycles. The van der Waals surface area contributed by atoms with Crippen LogP contribution in [-0.4, -0.2) is 49.1 Å². The van der Waals surface area contributed by atoms with Crippen molar-refractivity contribution in [2.45, 2.75) is 26.3 Å². The number of rotatable bonds is 4. The summed E-state index contributed by atoms with van der Waals surface area (Å²) in [4.78, 5) is 24.1. The fraction of sp³-hybridized carbons (Fsp3) is 0.800. The first-order chi connectivity index (χ1) is 7.13. The number of carbonyl (C=O) groups excluding carboxylic acids is 2. The zero-order chi connectivity index (χ0) is 11.3. The van der Waals surface area contributed by atoms with E-state index in [2.05, 4.69) is 5.32 Å². The van der Waals surface area contributed by atoms with Gasteiger partial charge in [0.2, 0.25) is 11.8 Å². The second-order valence-corrected chi connectivity index (χ2v) is 3.66. The Bertz CT molecular complexity index is 243. The summed E-state index contributed by atoms with van der Waals surface area (Å²) in [5.74, 6) is -0.0381. The van der Waals surface area contributed by atoms with Crippen LogP contribution in [0, 0.1) is 0 Å². The Balaban J connectivity index is 2.29. The maximum Gasteiger partial charge on any atom is 0.248 e. The number of hydrogen-bond acceptors (Lipinski definition) is 3. The van der Waals surface area contributed by atoms with E-state index in [-0.39, 0.29) is 24.5 Å². The Hall–Kier alpha value is -1.10. The van der Waals surface area contributed by atoms with E-state index in [1.807, 2.05) is 6.92 Å². The molecule has 1 atom stereocenters. The van der Waals surface area contributed by atoms with Crippen LogP contribution in [0.1, 0.15) is 20.3 Å². The average Bonchev–Trinajstić information content (AvgIpc) is 2.61. The van der Waals surface area contributed by atoms with Gasteiger partial charge < -0.3 is 15.0 Å². The highest BCUT2D eigenvalue weighted by Gasteiger charge is 2.26. The lowest BCUT2D eigenvalue weighted by Gasteiger charge is -2.16. The van der Waals surface area contributed by atoms with Crippen molar-refractivity contribution < 1.29 is 14.3 Å². The molecule has 1 rings (SSSR count). The Labute approximate surface area is 89.8 Å². The first kappa shape index (κ1) is 12.0. The molecule has 1 heterocycles. The number of carbonyl (C=O) groups is 2. The van der Waals surface area contributed by atoms with Gasteiger partial charge in [-0.15, -0.1) is 0 Å². The molecule has 15 heavy (non-hydrogen) atoms. The highest BCUT2D eigenvalue weighted by atomic mass is 16.5. The lowest BCUT2D eigenvalue weighted by molar-refractivity contribution is -0.135. The number of likely N-dealkylation sites (tertiary alicyclic amines) is 1. The predicted molar refractivity (Wildman–Crippen MR) is 55.3 cm³/mol. The molecule has 0 radical (unpaired) electrons. The number of ether oxygens (including phenoxy) is 1. The van der Waals surface area contributed by atoms with Crippen molar-refractivity contribution in [1.82, 2.24) is 10.2 Å². The normalized spacial score (nSPS) is 20.4. The highest BCUT2D eigenvalue weighted by Crippen LogP contribution is 2.09. The third-order valence-corrected chi connectivity index (χ3v) is 2.38. The summed E-state index contributed by atoms with van der Waals surface area (Å²) in [5, 5.41) is 2.81. The van der Waals surface area contributed by atoms with Crippen LogP contribution in [0.2, 0.25) is 0 Å². The molecule has 2 amide bonds. The van der Waals surface area contributed by atoms with Crippen LogP contribution in [0.4, 0.5) is 0 Å². The Morgan fingerprint density at radius 3 is 2.87 bits per heavy atom. The molecule has 1 fully saturated rings. The fourth-order valence-corrected chi connectivity index (χ4v) is 1.67. The minimum atomic E-state index is -0.0425. The summed E-state index contributed by atoms with van der Waals surface area (Å²) < 4.78 is 5.05. The lowest BCUT2D eigenvalue weighted by atomic mass is 10.3. The number of amides is 2.